The number of carbonyl (C=O) groups is 2. The number of hydrogen-bond acceptors (Lipinski definition) is 4. The minimum absolute atomic E-state index is 0.0182. The Balaban J connectivity index is 1.36. The van der Waals surface area contributed by atoms with Gasteiger partial charge in [0.1, 0.15) is 0 Å². The normalized spacial score (nSPS) is 24.1. The van der Waals surface area contributed by atoms with Gasteiger partial charge in [-0.15, -0.1) is 0 Å². The third kappa shape index (κ3) is 4.53. The van der Waals surface area contributed by atoms with Crippen molar-refractivity contribution >= 4 is 29.1 Å². The van der Waals surface area contributed by atoms with Gasteiger partial charge < -0.3 is 15.1 Å². The number of rotatable bonds is 4. The largest absolute Gasteiger partial charge is 0.368 e. The van der Waals surface area contributed by atoms with Crippen molar-refractivity contribution in [2.75, 3.05) is 44.2 Å². The molecule has 1 saturated carbocycles. The molecular weight excluding hydrogens is 388 g/mol. The predicted molar refractivity (Wildman–Crippen MR) is 115 cm³/mol. The lowest BCUT2D eigenvalue weighted by Gasteiger charge is -2.41. The maximum atomic E-state index is 13.0. The summed E-state index contributed by atoms with van der Waals surface area (Å²) in [5.74, 6) is 0.113. The molecule has 0 radical (unpaired) electrons. The third-order valence-corrected chi connectivity index (χ3v) is 6.91. The maximum Gasteiger partial charge on any atom is 0.237 e. The number of aryl methyl sites for hydroxylation is 1. The number of amides is 2. The molecule has 2 heterocycles. The summed E-state index contributed by atoms with van der Waals surface area (Å²) in [7, 11) is 0. The number of nitrogens with one attached hydrogen (secondary N) is 1. The van der Waals surface area contributed by atoms with Gasteiger partial charge in [-0.25, -0.2) is 0 Å². The summed E-state index contributed by atoms with van der Waals surface area (Å²) in [5, 5.41) is 3.70. The Hall–Kier alpha value is -1.79. The van der Waals surface area contributed by atoms with Crippen LogP contribution in [0.5, 0.6) is 0 Å². The fraction of sp³-hybridized carbons (Fsp3) is 0.636. The van der Waals surface area contributed by atoms with Crippen molar-refractivity contribution in [3.05, 3.63) is 28.8 Å². The van der Waals surface area contributed by atoms with Crippen molar-refractivity contribution in [2.45, 2.75) is 51.1 Å². The van der Waals surface area contributed by atoms with Gasteiger partial charge in [0, 0.05) is 56.0 Å². The van der Waals surface area contributed by atoms with Gasteiger partial charge in [0.05, 0.1) is 12.5 Å². The number of benzene rings is 1. The Morgan fingerprint density at radius 3 is 2.59 bits per heavy atom. The van der Waals surface area contributed by atoms with E-state index in [9.17, 15) is 9.59 Å². The maximum absolute atomic E-state index is 13.0. The number of hydrogen-bond donors (Lipinski definition) is 1. The Bertz CT molecular complexity index is 757. The molecule has 2 amide bonds. The quantitative estimate of drug-likeness (QED) is 0.815. The highest BCUT2D eigenvalue weighted by Crippen LogP contribution is 2.28. The molecule has 7 heteroatoms. The average Bonchev–Trinajstić information content (AvgIpc) is 3.26. The smallest absolute Gasteiger partial charge is 0.237 e. The van der Waals surface area contributed by atoms with E-state index in [0.29, 0.717) is 32.1 Å². The van der Waals surface area contributed by atoms with Crippen LogP contribution in [-0.2, 0) is 9.59 Å². The fourth-order valence-electron chi connectivity index (χ4n) is 5.03. The molecule has 6 nitrogen and oxygen atoms in total. The minimum atomic E-state index is -0.312. The van der Waals surface area contributed by atoms with E-state index < -0.39 is 0 Å². The van der Waals surface area contributed by atoms with E-state index in [0.717, 1.165) is 43.2 Å². The molecule has 0 unspecified atom stereocenters. The predicted octanol–water partition coefficient (Wildman–Crippen LogP) is 2.43. The summed E-state index contributed by atoms with van der Waals surface area (Å²) in [4.78, 5) is 32.1. The van der Waals surface area contributed by atoms with Crippen molar-refractivity contribution in [1.29, 1.82) is 0 Å². The highest BCUT2D eigenvalue weighted by atomic mass is 35.5. The summed E-state index contributed by atoms with van der Waals surface area (Å²) in [6.45, 7) is 6.58. The van der Waals surface area contributed by atoms with E-state index >= 15 is 0 Å². The van der Waals surface area contributed by atoms with Gasteiger partial charge in [-0.1, -0.05) is 30.5 Å². The first-order valence-corrected chi connectivity index (χ1v) is 11.2. The molecule has 158 valence electrons. The van der Waals surface area contributed by atoms with E-state index in [1.807, 2.05) is 23.1 Å². The highest BCUT2D eigenvalue weighted by Gasteiger charge is 2.37. The molecule has 3 fully saturated rings. The first kappa shape index (κ1) is 20.5. The van der Waals surface area contributed by atoms with Gasteiger partial charge in [0.2, 0.25) is 11.8 Å². The summed E-state index contributed by atoms with van der Waals surface area (Å²) in [6.07, 6.45) is 5.05. The molecule has 29 heavy (non-hydrogen) atoms. The second-order valence-electron chi connectivity index (χ2n) is 8.49. The zero-order chi connectivity index (χ0) is 20.4. The minimum Gasteiger partial charge on any atom is -0.368 e. The SMILES string of the molecule is Cc1ccc(Cl)cc1N1CCN(C(=O)C[C@@H]2C(=O)NCCN2C2CCCC2)CC1. The van der Waals surface area contributed by atoms with Gasteiger partial charge in [-0.05, 0) is 37.5 Å². The Morgan fingerprint density at radius 2 is 1.86 bits per heavy atom. The number of halogens is 1. The number of nitrogens with zero attached hydrogens (tertiary/aromatic N) is 3. The molecule has 1 aromatic rings. The van der Waals surface area contributed by atoms with E-state index in [2.05, 4.69) is 22.0 Å². The zero-order valence-electron chi connectivity index (χ0n) is 17.2. The van der Waals surface area contributed by atoms with Crippen LogP contribution >= 0.6 is 11.6 Å². The summed E-state index contributed by atoms with van der Waals surface area (Å²) in [5.41, 5.74) is 2.34. The Kier molecular flexibility index (Phi) is 6.30. The van der Waals surface area contributed by atoms with Gasteiger partial charge in [-0.3, -0.25) is 14.5 Å². The first-order chi connectivity index (χ1) is 14.0. The van der Waals surface area contributed by atoms with Gasteiger partial charge >= 0.3 is 0 Å². The van der Waals surface area contributed by atoms with Crippen LogP contribution in [0.25, 0.3) is 0 Å². The molecule has 2 saturated heterocycles. The second-order valence-corrected chi connectivity index (χ2v) is 8.92. The van der Waals surface area contributed by atoms with Crippen LogP contribution in [0.1, 0.15) is 37.7 Å². The van der Waals surface area contributed by atoms with Crippen molar-refractivity contribution in [1.82, 2.24) is 15.1 Å². The first-order valence-electron chi connectivity index (χ1n) is 10.9. The van der Waals surface area contributed by atoms with Gasteiger partial charge in [0.15, 0.2) is 0 Å². The molecule has 1 N–H and O–H groups in total. The lowest BCUT2D eigenvalue weighted by Crippen LogP contribution is -2.59. The third-order valence-electron chi connectivity index (χ3n) is 6.68. The molecule has 1 aromatic carbocycles. The topological polar surface area (TPSA) is 55.9 Å². The standard InChI is InChI=1S/C22H31ClN4O2/c1-16-6-7-17(23)14-19(16)25-10-12-26(13-11-25)21(28)15-20-22(29)24-8-9-27(20)18-4-2-3-5-18/h6-7,14,18,20H,2-5,8-13,15H2,1H3,(H,24,29)/t20-/m1/s1. The Labute approximate surface area is 178 Å². The van der Waals surface area contributed by atoms with E-state index in [1.54, 1.807) is 0 Å². The monoisotopic (exact) mass is 418 g/mol. The Morgan fingerprint density at radius 1 is 1.14 bits per heavy atom. The summed E-state index contributed by atoms with van der Waals surface area (Å²) < 4.78 is 0. The van der Waals surface area contributed by atoms with Crippen molar-refractivity contribution < 1.29 is 9.59 Å². The van der Waals surface area contributed by atoms with Crippen molar-refractivity contribution in [3.63, 3.8) is 0 Å². The van der Waals surface area contributed by atoms with Crippen molar-refractivity contribution in [2.24, 2.45) is 0 Å². The summed E-state index contributed by atoms with van der Waals surface area (Å²) >= 11 is 6.17. The number of carbonyl (C=O) groups excluding carboxylic acids is 2. The van der Waals surface area contributed by atoms with E-state index in [1.165, 1.54) is 18.4 Å². The van der Waals surface area contributed by atoms with E-state index in [-0.39, 0.29) is 17.9 Å². The zero-order valence-corrected chi connectivity index (χ0v) is 18.0. The highest BCUT2D eigenvalue weighted by molar-refractivity contribution is 6.30. The van der Waals surface area contributed by atoms with Crippen LogP contribution in [0.2, 0.25) is 5.02 Å². The van der Waals surface area contributed by atoms with E-state index in [4.69, 9.17) is 11.6 Å². The average molecular weight is 419 g/mol. The van der Waals surface area contributed by atoms with Crippen LogP contribution in [-0.4, -0.2) is 73.0 Å². The molecule has 1 atom stereocenters. The van der Waals surface area contributed by atoms with Crippen LogP contribution < -0.4 is 10.2 Å². The lowest BCUT2D eigenvalue weighted by molar-refractivity contribution is -0.140. The molecule has 4 rings (SSSR count). The molecule has 0 aromatic heterocycles. The molecule has 3 aliphatic rings. The number of anilines is 1. The van der Waals surface area contributed by atoms with Crippen molar-refractivity contribution in [3.8, 4) is 0 Å². The molecule has 2 aliphatic heterocycles. The van der Waals surface area contributed by atoms with Gasteiger partial charge in [-0.2, -0.15) is 0 Å². The number of piperazine rings is 2. The summed E-state index contributed by atoms with van der Waals surface area (Å²) in [6, 6.07) is 6.09. The molecule has 1 aliphatic carbocycles. The molecule has 0 spiro atoms. The van der Waals surface area contributed by atoms with Crippen LogP contribution in [0.3, 0.4) is 0 Å². The van der Waals surface area contributed by atoms with Gasteiger partial charge in [0.25, 0.3) is 0 Å². The fourth-order valence-corrected chi connectivity index (χ4v) is 5.20. The molecule has 0 bridgehead atoms. The molecular formula is C22H31ClN4O2. The van der Waals surface area contributed by atoms with Crippen LogP contribution in [0.4, 0.5) is 5.69 Å². The van der Waals surface area contributed by atoms with Crippen LogP contribution in [0, 0.1) is 6.92 Å². The second kappa shape index (κ2) is 8.92. The van der Waals surface area contributed by atoms with Crippen LogP contribution in [0.15, 0.2) is 18.2 Å². The lowest BCUT2D eigenvalue weighted by atomic mass is 10.0.